The van der Waals surface area contributed by atoms with Crippen LogP contribution in [0.3, 0.4) is 0 Å². The van der Waals surface area contributed by atoms with Crippen LogP contribution in [0.25, 0.3) is 5.65 Å². The molecule has 0 amide bonds. The fourth-order valence-electron chi connectivity index (χ4n) is 4.40. The molecule has 0 unspecified atom stereocenters. The van der Waals surface area contributed by atoms with Crippen molar-refractivity contribution in [3.05, 3.63) is 59.9 Å². The fraction of sp³-hybridized carbons (Fsp3) is 0.375. The van der Waals surface area contributed by atoms with Crippen molar-refractivity contribution >= 4 is 38.9 Å². The van der Waals surface area contributed by atoms with Gasteiger partial charge in [0.15, 0.2) is 16.6 Å². The topological polar surface area (TPSA) is 87.9 Å². The van der Waals surface area contributed by atoms with Crippen molar-refractivity contribution in [2.75, 3.05) is 30.8 Å². The lowest BCUT2D eigenvalue weighted by molar-refractivity contribution is -0.112. The summed E-state index contributed by atoms with van der Waals surface area (Å²) < 4.78 is 28.9. The molecule has 34 heavy (non-hydrogen) atoms. The SMILES string of the molecule is CCN(CC)S(=O)(=O)c1ccc2nnc(SCC(=O)C=C3N(C)c4ccccc4C3(C)C)n2c1. The van der Waals surface area contributed by atoms with Crippen LogP contribution in [0.2, 0.25) is 0 Å². The van der Waals surface area contributed by atoms with E-state index in [4.69, 9.17) is 0 Å². The molecule has 3 aromatic rings. The molecular weight excluding hydrogens is 470 g/mol. The first kappa shape index (κ1) is 24.4. The molecule has 1 aliphatic heterocycles. The highest BCUT2D eigenvalue weighted by Crippen LogP contribution is 2.46. The lowest BCUT2D eigenvalue weighted by atomic mass is 9.83. The Balaban J connectivity index is 1.56. The summed E-state index contributed by atoms with van der Waals surface area (Å²) in [6.07, 6.45) is 3.23. The van der Waals surface area contributed by atoms with Crippen molar-refractivity contribution in [3.8, 4) is 0 Å². The number of sulfonamides is 1. The predicted molar refractivity (Wildman–Crippen MR) is 135 cm³/mol. The summed E-state index contributed by atoms with van der Waals surface area (Å²) in [6.45, 7) is 8.62. The van der Waals surface area contributed by atoms with E-state index in [9.17, 15) is 13.2 Å². The number of hydrogen-bond donors (Lipinski definition) is 0. The summed E-state index contributed by atoms with van der Waals surface area (Å²) in [4.78, 5) is 15.2. The molecule has 4 rings (SSSR count). The summed E-state index contributed by atoms with van der Waals surface area (Å²) in [7, 11) is -1.64. The molecule has 1 aromatic carbocycles. The molecule has 0 aliphatic carbocycles. The van der Waals surface area contributed by atoms with E-state index in [0.717, 1.165) is 11.4 Å². The summed E-state index contributed by atoms with van der Waals surface area (Å²) in [5.74, 6) is 0.119. The van der Waals surface area contributed by atoms with E-state index in [1.165, 1.54) is 33.9 Å². The third-order valence-electron chi connectivity index (χ3n) is 6.27. The zero-order valence-corrected chi connectivity index (χ0v) is 21.7. The monoisotopic (exact) mass is 499 g/mol. The molecule has 0 saturated carbocycles. The second kappa shape index (κ2) is 9.16. The number of fused-ring (bicyclic) bond motifs is 2. The molecule has 0 bridgehead atoms. The minimum absolute atomic E-state index is 0.0450. The van der Waals surface area contributed by atoms with E-state index in [-0.39, 0.29) is 21.8 Å². The van der Waals surface area contributed by atoms with Gasteiger partial charge in [-0.2, -0.15) is 4.31 Å². The van der Waals surface area contributed by atoms with Crippen molar-refractivity contribution in [1.82, 2.24) is 18.9 Å². The number of benzene rings is 1. The highest BCUT2D eigenvalue weighted by molar-refractivity contribution is 7.99. The Hall–Kier alpha value is -2.69. The van der Waals surface area contributed by atoms with E-state index in [0.29, 0.717) is 23.9 Å². The van der Waals surface area contributed by atoms with Gasteiger partial charge in [0.1, 0.15) is 0 Å². The van der Waals surface area contributed by atoms with Gasteiger partial charge in [0.25, 0.3) is 0 Å². The Morgan fingerprint density at radius 1 is 1.12 bits per heavy atom. The first-order chi connectivity index (χ1) is 16.1. The highest BCUT2D eigenvalue weighted by atomic mass is 32.2. The Morgan fingerprint density at radius 3 is 2.50 bits per heavy atom. The van der Waals surface area contributed by atoms with Gasteiger partial charge in [-0.3, -0.25) is 9.20 Å². The van der Waals surface area contributed by atoms with Gasteiger partial charge in [-0.25, -0.2) is 8.42 Å². The van der Waals surface area contributed by atoms with E-state index in [2.05, 4.69) is 41.1 Å². The molecule has 0 N–H and O–H groups in total. The molecule has 8 nitrogen and oxygen atoms in total. The standard InChI is InChI=1S/C24H29N5O3S2/c1-6-28(7-2)34(31,32)18-12-13-22-25-26-23(29(22)15-18)33-16-17(30)14-21-24(3,4)19-10-8-9-11-20(19)27(21)5/h8-15H,6-7,16H2,1-5H3. The van der Waals surface area contributed by atoms with Gasteiger partial charge in [0.2, 0.25) is 10.0 Å². The lowest BCUT2D eigenvalue weighted by Crippen LogP contribution is -2.30. The van der Waals surface area contributed by atoms with Gasteiger partial charge >= 0.3 is 0 Å². The predicted octanol–water partition coefficient (Wildman–Crippen LogP) is 3.73. The maximum Gasteiger partial charge on any atom is 0.244 e. The number of nitrogens with zero attached hydrogens (tertiary/aromatic N) is 5. The van der Waals surface area contributed by atoms with Gasteiger partial charge in [0, 0.05) is 49.2 Å². The summed E-state index contributed by atoms with van der Waals surface area (Å²) in [5, 5.41) is 8.76. The van der Waals surface area contributed by atoms with E-state index in [1.807, 2.05) is 19.2 Å². The highest BCUT2D eigenvalue weighted by Gasteiger charge is 2.38. The summed E-state index contributed by atoms with van der Waals surface area (Å²) in [5.41, 5.74) is 3.48. The number of aromatic nitrogens is 3. The largest absolute Gasteiger partial charge is 0.347 e. The van der Waals surface area contributed by atoms with Crippen molar-refractivity contribution in [3.63, 3.8) is 0 Å². The van der Waals surface area contributed by atoms with Crippen LogP contribution >= 0.6 is 11.8 Å². The van der Waals surface area contributed by atoms with Crippen LogP contribution in [0.1, 0.15) is 33.3 Å². The lowest BCUT2D eigenvalue weighted by Gasteiger charge is -2.23. The van der Waals surface area contributed by atoms with Crippen molar-refractivity contribution in [2.24, 2.45) is 0 Å². The third-order valence-corrected chi connectivity index (χ3v) is 9.27. The second-order valence-electron chi connectivity index (χ2n) is 8.65. The van der Waals surface area contributed by atoms with Crippen molar-refractivity contribution in [2.45, 2.75) is 43.2 Å². The van der Waals surface area contributed by atoms with E-state index < -0.39 is 10.0 Å². The van der Waals surface area contributed by atoms with Gasteiger partial charge < -0.3 is 4.90 Å². The smallest absolute Gasteiger partial charge is 0.244 e. The molecule has 0 saturated heterocycles. The maximum atomic E-state index is 12.9. The Labute approximate surface area is 204 Å². The first-order valence-electron chi connectivity index (χ1n) is 11.2. The van der Waals surface area contributed by atoms with Crippen LogP contribution in [0.4, 0.5) is 5.69 Å². The minimum atomic E-state index is -3.61. The number of thioether (sulfide) groups is 1. The second-order valence-corrected chi connectivity index (χ2v) is 11.5. The molecule has 2 aromatic heterocycles. The average Bonchev–Trinajstić information content (AvgIpc) is 3.30. The normalized spacial score (nSPS) is 16.5. The Kier molecular flexibility index (Phi) is 6.58. The maximum absolute atomic E-state index is 12.9. The minimum Gasteiger partial charge on any atom is -0.347 e. The van der Waals surface area contributed by atoms with E-state index >= 15 is 0 Å². The van der Waals surface area contributed by atoms with E-state index in [1.54, 1.807) is 30.4 Å². The van der Waals surface area contributed by atoms with Crippen LogP contribution in [0.15, 0.2) is 64.4 Å². The summed E-state index contributed by atoms with van der Waals surface area (Å²) in [6, 6.07) is 11.3. The summed E-state index contributed by atoms with van der Waals surface area (Å²) >= 11 is 1.24. The molecule has 0 radical (unpaired) electrons. The van der Waals surface area contributed by atoms with Gasteiger partial charge in [0.05, 0.1) is 10.6 Å². The van der Waals surface area contributed by atoms with Crippen LogP contribution in [0, 0.1) is 0 Å². The molecule has 3 heterocycles. The van der Waals surface area contributed by atoms with Gasteiger partial charge in [-0.1, -0.05) is 57.7 Å². The number of allylic oxidation sites excluding steroid dienone is 2. The van der Waals surface area contributed by atoms with Gasteiger partial charge in [-0.05, 0) is 23.8 Å². The molecule has 0 fully saturated rings. The number of anilines is 1. The molecule has 10 heteroatoms. The zero-order valence-electron chi connectivity index (χ0n) is 20.0. The average molecular weight is 500 g/mol. The third kappa shape index (κ3) is 4.14. The molecular formula is C24H29N5O3S2. The number of carbonyl (C=O) groups excluding carboxylic acids is 1. The number of rotatable bonds is 8. The molecule has 1 aliphatic rings. The quantitative estimate of drug-likeness (QED) is 0.345. The van der Waals surface area contributed by atoms with Crippen LogP contribution < -0.4 is 4.90 Å². The number of pyridine rings is 1. The molecule has 0 atom stereocenters. The van der Waals surface area contributed by atoms with Crippen LogP contribution in [-0.4, -0.2) is 59.0 Å². The van der Waals surface area contributed by atoms with Crippen molar-refractivity contribution < 1.29 is 13.2 Å². The first-order valence-corrected chi connectivity index (χ1v) is 13.6. The molecule has 180 valence electrons. The fourth-order valence-corrected chi connectivity index (χ4v) is 6.60. The van der Waals surface area contributed by atoms with Crippen molar-refractivity contribution in [1.29, 1.82) is 0 Å². The van der Waals surface area contributed by atoms with Crippen LogP contribution in [-0.2, 0) is 20.2 Å². The zero-order chi connectivity index (χ0) is 24.7. The molecule has 0 spiro atoms. The number of likely N-dealkylation sites (N-methyl/N-ethyl adjacent to an activating group) is 1. The Bertz CT molecular complexity index is 1370. The number of ketones is 1. The Morgan fingerprint density at radius 2 is 1.82 bits per heavy atom. The number of hydrogen-bond acceptors (Lipinski definition) is 7. The number of carbonyl (C=O) groups is 1. The van der Waals surface area contributed by atoms with Crippen LogP contribution in [0.5, 0.6) is 0 Å². The number of para-hydroxylation sites is 1. The van der Waals surface area contributed by atoms with Gasteiger partial charge in [-0.15, -0.1) is 10.2 Å².